The molecule has 0 aromatic heterocycles. The van der Waals surface area contributed by atoms with Gasteiger partial charge in [0.15, 0.2) is 5.56 Å². The van der Waals surface area contributed by atoms with Gasteiger partial charge in [-0.2, -0.15) is 0 Å². The Labute approximate surface area is 444 Å². The summed E-state index contributed by atoms with van der Waals surface area (Å²) in [6.45, 7) is 6.21. The van der Waals surface area contributed by atoms with Crippen molar-refractivity contribution >= 4 is 77.4 Å². The number of carbonyl (C=O) groups is 6. The van der Waals surface area contributed by atoms with Gasteiger partial charge in [-0.05, 0) is 111 Å². The van der Waals surface area contributed by atoms with E-state index >= 15 is 0 Å². The van der Waals surface area contributed by atoms with Gasteiger partial charge >= 0.3 is 55.6 Å². The number of esters is 5. The Morgan fingerprint density at radius 1 is 0.648 bits per heavy atom. The van der Waals surface area contributed by atoms with Gasteiger partial charge in [-0.15, -0.1) is 43.8 Å². The second kappa shape index (κ2) is 38.5. The minimum Gasteiger partial charge on any atom is -0.509 e. The van der Waals surface area contributed by atoms with Crippen LogP contribution >= 0.6 is 35.1 Å². The van der Waals surface area contributed by atoms with E-state index in [0.29, 0.717) is 24.3 Å². The van der Waals surface area contributed by atoms with Crippen molar-refractivity contribution in [1.29, 1.82) is 0 Å². The maximum Gasteiger partial charge on any atom is 1.00 e. The quantitative estimate of drug-likeness (QED) is 0.00652. The molecule has 0 spiro atoms. The number of hydrogen-bond acceptors (Lipinski definition) is 22. The molecular formula is C43H44ClN2O21Os2S2. The van der Waals surface area contributed by atoms with Crippen LogP contribution < -0.4 is 9.47 Å². The molecule has 0 aliphatic carbocycles. The Kier molecular flexibility index (Phi) is 36.3. The van der Waals surface area contributed by atoms with Crippen LogP contribution in [0.2, 0.25) is 0 Å². The number of hydrogen-bond donors (Lipinski definition) is 2. The summed E-state index contributed by atoms with van der Waals surface area (Å²) in [7, 11) is 0. The van der Waals surface area contributed by atoms with Gasteiger partial charge in [-0.1, -0.05) is 35.9 Å². The predicted octanol–water partition coefficient (Wildman–Crippen LogP) is 7.63. The van der Waals surface area contributed by atoms with E-state index in [-0.39, 0.29) is 86.5 Å². The molecule has 71 heavy (non-hydrogen) atoms. The molecule has 0 amide bonds. The van der Waals surface area contributed by atoms with Crippen molar-refractivity contribution in [2.24, 2.45) is 0 Å². The zero-order chi connectivity index (χ0) is 51.7. The molecule has 0 saturated heterocycles. The molecule has 387 valence electrons. The monoisotopic (exact) mass is 1410 g/mol. The van der Waals surface area contributed by atoms with Gasteiger partial charge in [0.2, 0.25) is 6.29 Å². The van der Waals surface area contributed by atoms with E-state index in [2.05, 4.69) is 14.6 Å². The van der Waals surface area contributed by atoms with E-state index < -0.39 is 57.8 Å². The molecule has 2 N–H and O–H groups in total. The van der Waals surface area contributed by atoms with Gasteiger partial charge in [0.05, 0.1) is 24.3 Å². The number of carboxylic acids is 1. The molecule has 4 rings (SSSR count). The summed E-state index contributed by atoms with van der Waals surface area (Å²) >= 11 is 8.48. The van der Waals surface area contributed by atoms with E-state index in [1.165, 1.54) is 87.6 Å². The second-order valence-electron chi connectivity index (χ2n) is 12.6. The molecule has 2 unspecified atom stereocenters. The van der Waals surface area contributed by atoms with Gasteiger partial charge in [0.1, 0.15) is 22.6 Å². The third kappa shape index (κ3) is 30.9. The molecule has 4 aromatic rings. The van der Waals surface area contributed by atoms with Crippen molar-refractivity contribution in [1.82, 2.24) is 0 Å². The van der Waals surface area contributed by atoms with Crippen LogP contribution in [-0.4, -0.2) is 99.4 Å². The molecule has 0 saturated carbocycles. The van der Waals surface area contributed by atoms with Crippen molar-refractivity contribution in [3.05, 3.63) is 140 Å². The fraction of sp³-hybridized carbons (Fsp3) is 0.279. The zero-order valence-electron chi connectivity index (χ0n) is 37.6. The fourth-order valence-electron chi connectivity index (χ4n) is 4.58. The predicted molar refractivity (Wildman–Crippen MR) is 242 cm³/mol. The Balaban J connectivity index is 0. The van der Waals surface area contributed by atoms with E-state index in [0.717, 1.165) is 16.3 Å². The second-order valence-corrected chi connectivity index (χ2v) is 15.5. The number of para-hydroxylation sites is 2. The van der Waals surface area contributed by atoms with Crippen molar-refractivity contribution in [3.8, 4) is 11.5 Å². The van der Waals surface area contributed by atoms with Crippen LogP contribution in [0.1, 0.15) is 82.0 Å². The number of carboxylic acid groups (broad SMARTS) is 1. The van der Waals surface area contributed by atoms with E-state index in [1.54, 1.807) is 60.7 Å². The van der Waals surface area contributed by atoms with E-state index in [9.17, 15) is 49.0 Å². The van der Waals surface area contributed by atoms with Crippen molar-refractivity contribution in [2.75, 3.05) is 24.7 Å². The Morgan fingerprint density at radius 3 is 1.37 bits per heavy atom. The molecule has 23 nitrogen and oxygen atoms in total. The van der Waals surface area contributed by atoms with Gasteiger partial charge in [0, 0.05) is 50.4 Å². The summed E-state index contributed by atoms with van der Waals surface area (Å²) < 4.78 is 24.9. The van der Waals surface area contributed by atoms with E-state index in [1.807, 2.05) is 0 Å². The minimum absolute atomic E-state index is 0. The summed E-state index contributed by atoms with van der Waals surface area (Å²) in [6.07, 6.45) is -0.123. The first-order valence-corrected chi connectivity index (χ1v) is 21.9. The number of rotatable bonds is 22. The van der Waals surface area contributed by atoms with Crippen LogP contribution in [0.3, 0.4) is 0 Å². The van der Waals surface area contributed by atoms with Gasteiger partial charge in [0.25, 0.3) is 10.2 Å². The largest absolute Gasteiger partial charge is 1.00 e. The number of alkyl halides is 1. The number of thioether (sulfide) groups is 2. The molecule has 0 aliphatic rings. The molecular weight excluding hydrogens is 1360 g/mol. The van der Waals surface area contributed by atoms with Crippen LogP contribution in [-0.2, 0) is 82.7 Å². The van der Waals surface area contributed by atoms with Crippen molar-refractivity contribution in [2.45, 2.75) is 62.2 Å². The van der Waals surface area contributed by atoms with Crippen LogP contribution in [0, 0.1) is 20.2 Å². The molecule has 2 atom stereocenters. The first kappa shape index (κ1) is 66.9. The average Bonchev–Trinajstić information content (AvgIpc) is 3.29. The van der Waals surface area contributed by atoms with Crippen LogP contribution in [0.25, 0.3) is 0 Å². The summed E-state index contributed by atoms with van der Waals surface area (Å²) in [6, 6.07) is 25.4. The van der Waals surface area contributed by atoms with Crippen molar-refractivity contribution in [3.63, 3.8) is 0 Å². The average molecular weight is 1400 g/mol. The maximum absolute atomic E-state index is 12.4. The Morgan fingerprint density at radius 2 is 1.01 bits per heavy atom. The number of aromatic carboxylic acids is 1. The molecule has 0 fully saturated rings. The molecule has 0 heterocycles. The van der Waals surface area contributed by atoms with Gasteiger partial charge < -0.3 is 48.1 Å². The smallest absolute Gasteiger partial charge is 0.509 e. The third-order valence-corrected chi connectivity index (χ3v) is 9.56. The summed E-state index contributed by atoms with van der Waals surface area (Å²) in [5, 5.41) is 33.9. The third-order valence-electron chi connectivity index (χ3n) is 7.27. The SMILES string of the molecule is CC(=O)Oc1ccccc1C(=O)OC(C)Cl.CC(=O)Oc1ccccc1C(=O)OC(C)OC(=O)c1ccc(SCCCO[N+](=O)[O-])cc1.O=C(O)c1ccc(SCCCO[N+](=O)[O-])cc1.O=[C-]OO.[Os+].[Os]. The van der Waals surface area contributed by atoms with Crippen LogP contribution in [0.4, 0.5) is 0 Å². The first-order valence-electron chi connectivity index (χ1n) is 19.5. The van der Waals surface area contributed by atoms with E-state index in [4.69, 9.17) is 50.4 Å². The topological polar surface area (TPSA) is 320 Å². The number of ether oxygens (including phenoxy) is 5. The molecule has 4 aromatic carbocycles. The minimum atomic E-state index is -1.18. The molecule has 0 aliphatic heterocycles. The van der Waals surface area contributed by atoms with Crippen LogP contribution in [0.15, 0.2) is 107 Å². The summed E-state index contributed by atoms with van der Waals surface area (Å²) in [4.78, 5) is 110. The first-order chi connectivity index (χ1) is 32.8. The molecule has 1 radical (unpaired) electrons. The normalized spacial score (nSPS) is 10.3. The maximum atomic E-state index is 12.4. The fourth-order valence-corrected chi connectivity index (χ4v) is 6.32. The van der Waals surface area contributed by atoms with Crippen molar-refractivity contribution < 1.29 is 132 Å². The number of nitrogens with zero attached hydrogens (tertiary/aromatic N) is 2. The van der Waals surface area contributed by atoms with Gasteiger partial charge in [-0.25, -0.2) is 24.4 Å². The summed E-state index contributed by atoms with van der Waals surface area (Å²) in [5.74, 6) is -2.67. The Bertz CT molecular complexity index is 2310. The molecule has 28 heteroatoms. The molecule has 0 bridgehead atoms. The zero-order valence-corrected chi connectivity index (χ0v) is 45.1. The Hall–Kier alpha value is -6.21. The number of carbonyl (C=O) groups excluding carboxylic acids is 6. The van der Waals surface area contributed by atoms with Crippen LogP contribution in [0.5, 0.6) is 11.5 Å². The number of halogens is 1. The number of benzene rings is 4. The van der Waals surface area contributed by atoms with Gasteiger partial charge in [-0.3, -0.25) is 9.59 Å². The summed E-state index contributed by atoms with van der Waals surface area (Å²) in [5.41, 5.74) is -0.0426. The standard InChI is InChI=1S/C21H21NO9S.C11H11ClO4.C10H11NO5S.CHO3.2Os/c1-14(23)29-19-7-4-3-6-18(19)21(25)31-15(2)30-20(24)16-8-10-17(11-9-16)32-13-5-12-28-22(26)27;1-7(12)15-11(14)9-5-3-4-6-10(9)16-8(2)13;12-10(13)8-2-4-9(5-3-8)17-7-1-6-16-11(14)15;2-1-4-3;;/h3-4,6-11,15H,5,12-13H2,1-2H3;3-7H,1-2H3;2-5H,1,6-7H2,(H,12,13);3H;;/q;;;-1;;+1.